The number of hydrogen-bond acceptors (Lipinski definition) is 4. The summed E-state index contributed by atoms with van der Waals surface area (Å²) < 4.78 is 30.4. The number of pyridine rings is 1. The maximum atomic E-state index is 12.7. The van der Waals surface area contributed by atoms with Crippen LogP contribution in [0.4, 0.5) is 8.78 Å². The Kier molecular flexibility index (Phi) is 5.61. The molecule has 0 spiro atoms. The molecular formula is C11H13BrF2N2O2. The third-order valence-electron chi connectivity index (χ3n) is 2.28. The molecule has 1 heterocycles. The van der Waals surface area contributed by atoms with Gasteiger partial charge in [-0.1, -0.05) is 0 Å². The lowest BCUT2D eigenvalue weighted by Crippen LogP contribution is -2.14. The van der Waals surface area contributed by atoms with Gasteiger partial charge in [0.05, 0.1) is 24.3 Å². The van der Waals surface area contributed by atoms with E-state index in [2.05, 4.69) is 20.9 Å². The van der Waals surface area contributed by atoms with Gasteiger partial charge in [0.25, 0.3) is 6.43 Å². The number of nitrogens with zero attached hydrogens (tertiary/aromatic N) is 1. The predicted octanol–water partition coefficient (Wildman–Crippen LogP) is 2.35. The van der Waals surface area contributed by atoms with Gasteiger partial charge in [0, 0.05) is 22.8 Å². The van der Waals surface area contributed by atoms with Crippen molar-refractivity contribution >= 4 is 21.9 Å². The number of halogens is 3. The van der Waals surface area contributed by atoms with Gasteiger partial charge in [0.1, 0.15) is 0 Å². The van der Waals surface area contributed by atoms with Crippen LogP contribution in [-0.2, 0) is 22.5 Å². The summed E-state index contributed by atoms with van der Waals surface area (Å²) in [5.41, 5.74) is 5.97. The molecule has 100 valence electrons. The fourth-order valence-electron chi connectivity index (χ4n) is 1.45. The minimum atomic E-state index is -2.67. The highest BCUT2D eigenvalue weighted by Crippen LogP contribution is 2.31. The summed E-state index contributed by atoms with van der Waals surface area (Å²) in [6.07, 6.45) is -1.74. The highest BCUT2D eigenvalue weighted by Gasteiger charge is 2.20. The maximum absolute atomic E-state index is 12.7. The predicted molar refractivity (Wildman–Crippen MR) is 65.1 cm³/mol. The van der Waals surface area contributed by atoms with Crippen LogP contribution in [0.2, 0.25) is 0 Å². The van der Waals surface area contributed by atoms with E-state index in [1.54, 1.807) is 6.92 Å². The first-order valence-electron chi connectivity index (χ1n) is 5.31. The molecule has 7 heteroatoms. The highest BCUT2D eigenvalue weighted by molar-refractivity contribution is 9.10. The Morgan fingerprint density at radius 1 is 1.61 bits per heavy atom. The Bertz CT molecular complexity index is 441. The second-order valence-electron chi connectivity index (χ2n) is 3.44. The Morgan fingerprint density at radius 3 is 2.78 bits per heavy atom. The van der Waals surface area contributed by atoms with Crippen LogP contribution in [0.15, 0.2) is 10.7 Å². The number of nitrogens with two attached hydrogens (primary N) is 1. The second-order valence-corrected chi connectivity index (χ2v) is 4.23. The summed E-state index contributed by atoms with van der Waals surface area (Å²) in [5.74, 6) is -0.499. The van der Waals surface area contributed by atoms with Gasteiger partial charge in [0.2, 0.25) is 0 Å². The largest absolute Gasteiger partial charge is 0.466 e. The van der Waals surface area contributed by atoms with E-state index in [4.69, 9.17) is 10.5 Å². The molecule has 18 heavy (non-hydrogen) atoms. The molecule has 0 unspecified atom stereocenters. The summed E-state index contributed by atoms with van der Waals surface area (Å²) in [5, 5.41) is 0. The van der Waals surface area contributed by atoms with Crippen LogP contribution in [0.1, 0.15) is 30.2 Å². The molecule has 0 radical (unpaired) electrons. The number of ether oxygens (including phenoxy) is 1. The topological polar surface area (TPSA) is 65.2 Å². The number of carbonyl (C=O) groups excluding carboxylic acids is 1. The molecule has 2 N–H and O–H groups in total. The molecule has 0 bridgehead atoms. The van der Waals surface area contributed by atoms with Crippen LogP contribution in [-0.4, -0.2) is 17.6 Å². The molecule has 0 amide bonds. The van der Waals surface area contributed by atoms with Crippen LogP contribution in [0.3, 0.4) is 0 Å². The lowest BCUT2D eigenvalue weighted by molar-refractivity contribution is -0.142. The van der Waals surface area contributed by atoms with Crippen molar-refractivity contribution in [2.75, 3.05) is 6.61 Å². The fraction of sp³-hybridized carbons (Fsp3) is 0.455. The Labute approximate surface area is 112 Å². The second kappa shape index (κ2) is 6.75. The quantitative estimate of drug-likeness (QED) is 0.845. The molecular weight excluding hydrogens is 310 g/mol. The minimum Gasteiger partial charge on any atom is -0.466 e. The number of esters is 1. The molecule has 0 atom stereocenters. The van der Waals surface area contributed by atoms with Crippen molar-refractivity contribution < 1.29 is 18.3 Å². The van der Waals surface area contributed by atoms with Crippen molar-refractivity contribution in [3.8, 4) is 0 Å². The van der Waals surface area contributed by atoms with Gasteiger partial charge < -0.3 is 10.5 Å². The molecule has 4 nitrogen and oxygen atoms in total. The first-order valence-corrected chi connectivity index (χ1v) is 6.10. The maximum Gasteiger partial charge on any atom is 0.310 e. The number of alkyl halides is 2. The zero-order valence-electron chi connectivity index (χ0n) is 9.75. The van der Waals surface area contributed by atoms with Gasteiger partial charge >= 0.3 is 5.97 Å². The van der Waals surface area contributed by atoms with E-state index in [1.807, 2.05) is 0 Å². The van der Waals surface area contributed by atoms with Gasteiger partial charge in [-0.05, 0) is 22.9 Å². The third kappa shape index (κ3) is 3.46. The molecule has 0 aromatic carbocycles. The minimum absolute atomic E-state index is 0.0663. The van der Waals surface area contributed by atoms with E-state index in [0.29, 0.717) is 11.3 Å². The van der Waals surface area contributed by atoms with Crippen molar-refractivity contribution in [2.45, 2.75) is 26.3 Å². The van der Waals surface area contributed by atoms with Crippen LogP contribution in [0.25, 0.3) is 0 Å². The van der Waals surface area contributed by atoms with Crippen molar-refractivity contribution in [2.24, 2.45) is 5.73 Å². The summed E-state index contributed by atoms with van der Waals surface area (Å²) >= 11 is 3.07. The van der Waals surface area contributed by atoms with Crippen LogP contribution in [0.5, 0.6) is 0 Å². The van der Waals surface area contributed by atoms with E-state index >= 15 is 0 Å². The van der Waals surface area contributed by atoms with Gasteiger partial charge in [-0.15, -0.1) is 0 Å². The Hall–Kier alpha value is -1.08. The molecule has 1 rings (SSSR count). The van der Waals surface area contributed by atoms with Crippen molar-refractivity contribution in [3.63, 3.8) is 0 Å². The molecule has 1 aromatic rings. The monoisotopic (exact) mass is 322 g/mol. The summed E-state index contributed by atoms with van der Waals surface area (Å²) in [6, 6.07) is 0. The molecule has 1 aromatic heterocycles. The molecule has 0 saturated heterocycles. The average molecular weight is 323 g/mol. The Balaban J connectivity index is 3.13. The lowest BCUT2D eigenvalue weighted by atomic mass is 10.1. The number of hydrogen-bond donors (Lipinski definition) is 1. The number of carbonyl (C=O) groups is 1. The van der Waals surface area contributed by atoms with Crippen molar-refractivity contribution in [3.05, 3.63) is 27.5 Å². The fourth-order valence-corrected chi connectivity index (χ4v) is 2.09. The first kappa shape index (κ1) is 15.0. The average Bonchev–Trinajstić information content (AvgIpc) is 2.31. The lowest BCUT2D eigenvalue weighted by Gasteiger charge is -2.12. The number of rotatable bonds is 5. The standard InChI is InChI=1S/C11H13BrF2N2O2/c1-2-18-9(17)3-6-8(4-15)16-5-7(10(6)12)11(13)14/h5,11H,2-4,15H2,1H3. The summed E-state index contributed by atoms with van der Waals surface area (Å²) in [4.78, 5) is 15.3. The molecule has 0 aliphatic rings. The van der Waals surface area contributed by atoms with E-state index in [9.17, 15) is 13.6 Å². The van der Waals surface area contributed by atoms with Crippen LogP contribution in [0, 0.1) is 0 Å². The van der Waals surface area contributed by atoms with Gasteiger partial charge in [0.15, 0.2) is 0 Å². The molecule has 0 saturated carbocycles. The van der Waals surface area contributed by atoms with E-state index in [0.717, 1.165) is 6.20 Å². The number of aromatic nitrogens is 1. The van der Waals surface area contributed by atoms with Gasteiger partial charge in [-0.3, -0.25) is 9.78 Å². The van der Waals surface area contributed by atoms with Crippen LogP contribution < -0.4 is 5.73 Å². The normalized spacial score (nSPS) is 10.8. The Morgan fingerprint density at radius 2 is 2.28 bits per heavy atom. The van der Waals surface area contributed by atoms with Crippen molar-refractivity contribution in [1.82, 2.24) is 4.98 Å². The van der Waals surface area contributed by atoms with E-state index in [1.165, 1.54) is 0 Å². The zero-order chi connectivity index (χ0) is 13.7. The zero-order valence-corrected chi connectivity index (χ0v) is 11.3. The van der Waals surface area contributed by atoms with Gasteiger partial charge in [-0.25, -0.2) is 8.78 Å². The summed E-state index contributed by atoms with van der Waals surface area (Å²) in [7, 11) is 0. The van der Waals surface area contributed by atoms with Gasteiger partial charge in [-0.2, -0.15) is 0 Å². The van der Waals surface area contributed by atoms with Crippen molar-refractivity contribution in [1.29, 1.82) is 0 Å². The molecule has 0 aliphatic carbocycles. The van der Waals surface area contributed by atoms with Crippen LogP contribution >= 0.6 is 15.9 Å². The highest BCUT2D eigenvalue weighted by atomic mass is 79.9. The van der Waals surface area contributed by atoms with E-state index in [-0.39, 0.29) is 29.6 Å². The summed E-state index contributed by atoms with van der Waals surface area (Å²) in [6.45, 7) is 1.97. The molecule has 0 fully saturated rings. The SMILES string of the molecule is CCOC(=O)Cc1c(CN)ncc(C(F)F)c1Br. The smallest absolute Gasteiger partial charge is 0.310 e. The first-order chi connectivity index (χ1) is 8.51. The third-order valence-corrected chi connectivity index (χ3v) is 3.22. The van der Waals surface area contributed by atoms with E-state index < -0.39 is 12.4 Å². The molecule has 0 aliphatic heterocycles.